The number of nitrogens with two attached hydrogens (primary N) is 1. The van der Waals surface area contributed by atoms with E-state index in [1.54, 1.807) is 0 Å². The van der Waals surface area contributed by atoms with Crippen LogP contribution in [0, 0.1) is 0 Å². The molecule has 3 heteroatoms. The molecular weight excluding hydrogens is 210 g/mol. The van der Waals surface area contributed by atoms with E-state index in [1.807, 2.05) is 6.07 Å². The van der Waals surface area contributed by atoms with E-state index in [0.29, 0.717) is 0 Å². The van der Waals surface area contributed by atoms with Gasteiger partial charge in [-0.2, -0.15) is 0 Å². The first-order valence-corrected chi connectivity index (χ1v) is 5.83. The number of fused-ring (bicyclic) bond motifs is 1. The Morgan fingerprint density at radius 1 is 1.33 bits per heavy atom. The fourth-order valence-electron chi connectivity index (χ4n) is 1.94. The largest absolute Gasteiger partial charge is 0.491 e. The first-order valence-electron chi connectivity index (χ1n) is 5.45. The molecule has 82 valence electrons. The van der Waals surface area contributed by atoms with Gasteiger partial charge in [0.25, 0.3) is 0 Å². The molecule has 1 heterocycles. The second-order valence-corrected chi connectivity index (χ2v) is 4.32. The van der Waals surface area contributed by atoms with E-state index in [2.05, 4.69) is 6.07 Å². The Kier molecular flexibility index (Phi) is 3.49. The Morgan fingerprint density at radius 2 is 2.20 bits per heavy atom. The Hall–Kier alpha value is -0.730. The van der Waals surface area contributed by atoms with Crippen LogP contribution in [0.15, 0.2) is 12.1 Å². The number of hydrogen-bond donors (Lipinski definition) is 1. The fourth-order valence-corrected chi connectivity index (χ4v) is 2.26. The summed E-state index contributed by atoms with van der Waals surface area (Å²) in [4.78, 5) is 0. The van der Waals surface area contributed by atoms with Crippen molar-refractivity contribution in [3.63, 3.8) is 0 Å². The minimum Gasteiger partial charge on any atom is -0.491 e. The Labute approximate surface area is 95.4 Å². The first-order chi connectivity index (χ1) is 7.31. The maximum absolute atomic E-state index is 6.14. The van der Waals surface area contributed by atoms with Crippen LogP contribution in [-0.2, 0) is 12.8 Å². The second kappa shape index (κ2) is 4.86. The van der Waals surface area contributed by atoms with Crippen molar-refractivity contribution in [2.75, 3.05) is 13.2 Å². The van der Waals surface area contributed by atoms with Gasteiger partial charge in [-0.25, -0.2) is 0 Å². The monoisotopic (exact) mass is 225 g/mol. The zero-order chi connectivity index (χ0) is 10.7. The predicted octanol–water partition coefficient (Wildman–Crippen LogP) is 2.56. The average Bonchev–Trinajstić information content (AvgIpc) is 2.66. The van der Waals surface area contributed by atoms with Gasteiger partial charge in [0, 0.05) is 6.42 Å². The normalized spacial score (nSPS) is 13.7. The van der Waals surface area contributed by atoms with Gasteiger partial charge in [-0.05, 0) is 43.0 Å². The lowest BCUT2D eigenvalue weighted by Crippen LogP contribution is -1.99. The standard InChI is InChI=1S/C12H16ClNO/c13-11-8-9(3-1-2-5-14)7-10-4-6-15-12(10)11/h7-8H,1-6,14H2. The summed E-state index contributed by atoms with van der Waals surface area (Å²) >= 11 is 6.14. The zero-order valence-corrected chi connectivity index (χ0v) is 9.52. The summed E-state index contributed by atoms with van der Waals surface area (Å²) in [7, 11) is 0. The van der Waals surface area contributed by atoms with E-state index in [0.717, 1.165) is 49.6 Å². The Bertz CT molecular complexity index is 352. The molecule has 2 rings (SSSR count). The summed E-state index contributed by atoms with van der Waals surface area (Å²) in [6.45, 7) is 1.53. The van der Waals surface area contributed by atoms with Crippen molar-refractivity contribution < 1.29 is 4.74 Å². The average molecular weight is 226 g/mol. The third kappa shape index (κ3) is 2.44. The summed E-state index contributed by atoms with van der Waals surface area (Å²) < 4.78 is 5.46. The van der Waals surface area contributed by atoms with Crippen molar-refractivity contribution >= 4 is 11.6 Å². The van der Waals surface area contributed by atoms with Crippen LogP contribution in [0.4, 0.5) is 0 Å². The van der Waals surface area contributed by atoms with E-state index < -0.39 is 0 Å². The van der Waals surface area contributed by atoms with Crippen LogP contribution < -0.4 is 10.5 Å². The van der Waals surface area contributed by atoms with Crippen molar-refractivity contribution in [3.05, 3.63) is 28.3 Å². The molecule has 15 heavy (non-hydrogen) atoms. The molecule has 0 amide bonds. The van der Waals surface area contributed by atoms with E-state index >= 15 is 0 Å². The summed E-state index contributed by atoms with van der Waals surface area (Å²) in [5, 5.41) is 0.757. The summed E-state index contributed by atoms with van der Waals surface area (Å²) in [5.74, 6) is 0.888. The molecule has 2 N–H and O–H groups in total. The fraction of sp³-hybridized carbons (Fsp3) is 0.500. The van der Waals surface area contributed by atoms with Crippen molar-refractivity contribution in [1.29, 1.82) is 0 Å². The van der Waals surface area contributed by atoms with Crippen LogP contribution in [0.5, 0.6) is 5.75 Å². The third-order valence-corrected chi connectivity index (χ3v) is 3.00. The second-order valence-electron chi connectivity index (χ2n) is 3.91. The molecule has 0 atom stereocenters. The van der Waals surface area contributed by atoms with Gasteiger partial charge >= 0.3 is 0 Å². The van der Waals surface area contributed by atoms with Gasteiger partial charge in [0.05, 0.1) is 11.6 Å². The molecule has 0 radical (unpaired) electrons. The Morgan fingerprint density at radius 3 is 3.00 bits per heavy atom. The molecule has 0 bridgehead atoms. The molecule has 1 aromatic carbocycles. The summed E-state index contributed by atoms with van der Waals surface area (Å²) in [6, 6.07) is 4.23. The summed E-state index contributed by atoms with van der Waals surface area (Å²) in [6.07, 6.45) is 4.25. The van der Waals surface area contributed by atoms with Gasteiger partial charge in [0.1, 0.15) is 5.75 Å². The summed E-state index contributed by atoms with van der Waals surface area (Å²) in [5.41, 5.74) is 8.02. The van der Waals surface area contributed by atoms with Crippen molar-refractivity contribution in [2.24, 2.45) is 5.73 Å². The molecule has 2 nitrogen and oxygen atoms in total. The van der Waals surface area contributed by atoms with Crippen LogP contribution in [0.3, 0.4) is 0 Å². The molecule has 1 aromatic rings. The van der Waals surface area contributed by atoms with Gasteiger partial charge in [-0.3, -0.25) is 0 Å². The molecule has 0 spiro atoms. The molecule has 0 aliphatic carbocycles. The van der Waals surface area contributed by atoms with Gasteiger partial charge < -0.3 is 10.5 Å². The maximum atomic E-state index is 6.14. The molecule has 0 fully saturated rings. The zero-order valence-electron chi connectivity index (χ0n) is 8.76. The smallest absolute Gasteiger partial charge is 0.141 e. The number of unbranched alkanes of at least 4 members (excludes halogenated alkanes) is 1. The number of rotatable bonds is 4. The minimum absolute atomic E-state index is 0.757. The highest BCUT2D eigenvalue weighted by Gasteiger charge is 2.16. The van der Waals surface area contributed by atoms with Crippen LogP contribution in [0.2, 0.25) is 5.02 Å². The predicted molar refractivity (Wildman–Crippen MR) is 62.6 cm³/mol. The lowest BCUT2D eigenvalue weighted by Gasteiger charge is -2.06. The van der Waals surface area contributed by atoms with E-state index in [-0.39, 0.29) is 0 Å². The molecule has 0 unspecified atom stereocenters. The first kappa shape index (κ1) is 10.8. The van der Waals surface area contributed by atoms with Crippen molar-refractivity contribution in [2.45, 2.75) is 25.7 Å². The van der Waals surface area contributed by atoms with Crippen LogP contribution in [0.25, 0.3) is 0 Å². The lowest BCUT2D eigenvalue weighted by molar-refractivity contribution is 0.357. The highest BCUT2D eigenvalue weighted by Crippen LogP contribution is 2.34. The molecule has 0 saturated carbocycles. The number of halogens is 1. The number of aryl methyl sites for hydroxylation is 1. The highest BCUT2D eigenvalue weighted by molar-refractivity contribution is 6.32. The Balaban J connectivity index is 2.09. The van der Waals surface area contributed by atoms with Crippen molar-refractivity contribution in [3.8, 4) is 5.75 Å². The quantitative estimate of drug-likeness (QED) is 0.800. The topological polar surface area (TPSA) is 35.2 Å². The molecule has 1 aliphatic heterocycles. The van der Waals surface area contributed by atoms with Gasteiger partial charge in [0.2, 0.25) is 0 Å². The van der Waals surface area contributed by atoms with E-state index in [9.17, 15) is 0 Å². The number of ether oxygens (including phenoxy) is 1. The number of benzene rings is 1. The molecule has 1 aliphatic rings. The third-order valence-electron chi connectivity index (χ3n) is 2.72. The van der Waals surface area contributed by atoms with Gasteiger partial charge in [-0.1, -0.05) is 17.7 Å². The van der Waals surface area contributed by atoms with Gasteiger partial charge in [0.15, 0.2) is 0 Å². The highest BCUT2D eigenvalue weighted by atomic mass is 35.5. The SMILES string of the molecule is NCCCCc1cc(Cl)c2c(c1)CCO2. The molecular formula is C12H16ClNO. The minimum atomic E-state index is 0.757. The van der Waals surface area contributed by atoms with Crippen LogP contribution in [0.1, 0.15) is 24.0 Å². The van der Waals surface area contributed by atoms with Crippen LogP contribution >= 0.6 is 11.6 Å². The molecule has 0 saturated heterocycles. The van der Waals surface area contributed by atoms with Gasteiger partial charge in [-0.15, -0.1) is 0 Å². The van der Waals surface area contributed by atoms with E-state index in [1.165, 1.54) is 11.1 Å². The molecule has 0 aromatic heterocycles. The van der Waals surface area contributed by atoms with E-state index in [4.69, 9.17) is 22.1 Å². The lowest BCUT2D eigenvalue weighted by atomic mass is 10.0. The van der Waals surface area contributed by atoms with Crippen molar-refractivity contribution in [1.82, 2.24) is 0 Å². The number of hydrogen-bond acceptors (Lipinski definition) is 2. The maximum Gasteiger partial charge on any atom is 0.141 e. The van der Waals surface area contributed by atoms with Crippen LogP contribution in [-0.4, -0.2) is 13.2 Å².